The van der Waals surface area contributed by atoms with Gasteiger partial charge in [0.25, 0.3) is 0 Å². The van der Waals surface area contributed by atoms with Crippen molar-refractivity contribution in [1.82, 2.24) is 10.6 Å². The number of hydrogen-bond donors (Lipinski definition) is 2. The van der Waals surface area contributed by atoms with Gasteiger partial charge in [-0.05, 0) is 94.0 Å². The molecule has 1 fully saturated rings. The lowest BCUT2D eigenvalue weighted by Gasteiger charge is -2.61. The first-order valence-electron chi connectivity index (χ1n) is 16.1. The Hall–Kier alpha value is -2.42. The minimum atomic E-state index is -0.698. The zero-order valence-corrected chi connectivity index (χ0v) is 28.8. The predicted octanol–water partition coefficient (Wildman–Crippen LogP) is 8.47. The topological polar surface area (TPSA) is 99.1 Å². The molecule has 4 atom stereocenters. The van der Waals surface area contributed by atoms with Crippen LogP contribution in [0.4, 0.5) is 4.79 Å². The van der Waals surface area contributed by atoms with Gasteiger partial charge in [0.2, 0.25) is 0 Å². The molecule has 42 heavy (non-hydrogen) atoms. The van der Waals surface area contributed by atoms with Gasteiger partial charge in [-0.3, -0.25) is 9.59 Å². The molecule has 2 N–H and O–H groups in total. The van der Waals surface area contributed by atoms with Crippen molar-refractivity contribution in [3.63, 3.8) is 0 Å². The van der Waals surface area contributed by atoms with Gasteiger partial charge in [0, 0.05) is 22.9 Å². The molecular weight excluding hydrogens is 522 g/mol. The van der Waals surface area contributed by atoms with Gasteiger partial charge in [0.05, 0.1) is 5.57 Å². The Morgan fingerprint density at radius 2 is 1.62 bits per heavy atom. The van der Waals surface area contributed by atoms with Crippen LogP contribution in [-0.4, -0.2) is 29.7 Å². The first-order chi connectivity index (χ1) is 19.1. The van der Waals surface area contributed by atoms with E-state index in [4.69, 9.17) is 0 Å². The molecular formula is C36H59N3O3. The van der Waals surface area contributed by atoms with Crippen LogP contribution in [-0.2, 0) is 9.59 Å². The number of carbonyl (C=O) groups excluding carboxylic acids is 3. The standard InChI is InChI=1S/C36H59N3O3/c1-13-16-31(4,5)18-20-34(10,39-30(42)38-14-2)21-19-32(6,7)36(12)17-15-27-33(8,9)29(41)26(24-37)23-35(27,11)28(36)22-25(3)40/h22-23,27H,13-21H2,1-12H3,(H2,38,39,42)/b28-22-/t27-,34-,35-,36+/m0/s1. The molecule has 0 aliphatic heterocycles. The maximum Gasteiger partial charge on any atom is 0.315 e. The molecule has 0 radical (unpaired) electrons. The lowest BCUT2D eigenvalue weighted by atomic mass is 9.42. The molecule has 236 valence electrons. The van der Waals surface area contributed by atoms with Crippen LogP contribution in [0.3, 0.4) is 0 Å². The highest BCUT2D eigenvalue weighted by atomic mass is 16.2. The second-order valence-corrected chi connectivity index (χ2v) is 15.9. The van der Waals surface area contributed by atoms with Crippen molar-refractivity contribution in [3.8, 4) is 6.07 Å². The summed E-state index contributed by atoms with van der Waals surface area (Å²) >= 11 is 0. The number of nitriles is 1. The number of amides is 2. The number of allylic oxidation sites excluding steroid dienone is 4. The second kappa shape index (κ2) is 12.7. The molecule has 2 aliphatic rings. The molecule has 1 saturated carbocycles. The third-order valence-corrected chi connectivity index (χ3v) is 11.3. The van der Waals surface area contributed by atoms with E-state index in [0.29, 0.717) is 6.54 Å². The smallest absolute Gasteiger partial charge is 0.315 e. The second-order valence-electron chi connectivity index (χ2n) is 15.9. The number of Topliss-reactive ketones (excluding diaryl/α,β-unsaturated/α-hetero) is 1. The normalized spacial score (nSPS) is 28.3. The van der Waals surface area contributed by atoms with Crippen molar-refractivity contribution in [2.24, 2.45) is 33.0 Å². The van der Waals surface area contributed by atoms with Gasteiger partial charge in [0.1, 0.15) is 6.07 Å². The van der Waals surface area contributed by atoms with E-state index in [1.54, 1.807) is 13.0 Å². The molecule has 6 heteroatoms. The Morgan fingerprint density at radius 3 is 2.14 bits per heavy atom. The SMILES string of the molecule is CCCC(C)(C)CC[C@@](C)(CCC(C)(C)[C@]1(C)CC[C@H]2C(C)(C)C(=O)C(C#N)=C[C@]2(C)/C1=C/C(C)=O)NC(=O)NCC. The number of ketones is 2. The first-order valence-corrected chi connectivity index (χ1v) is 16.1. The van der Waals surface area contributed by atoms with Crippen molar-refractivity contribution in [2.45, 2.75) is 140 Å². The number of fused-ring (bicyclic) bond motifs is 1. The van der Waals surface area contributed by atoms with E-state index in [0.717, 1.165) is 56.9 Å². The van der Waals surface area contributed by atoms with Crippen LogP contribution in [0.15, 0.2) is 23.3 Å². The minimum Gasteiger partial charge on any atom is -0.338 e. The van der Waals surface area contributed by atoms with Crippen LogP contribution in [0.1, 0.15) is 134 Å². The van der Waals surface area contributed by atoms with E-state index < -0.39 is 16.4 Å². The summed E-state index contributed by atoms with van der Waals surface area (Å²) in [4.78, 5) is 38.8. The Morgan fingerprint density at radius 1 is 1.02 bits per heavy atom. The van der Waals surface area contributed by atoms with E-state index >= 15 is 0 Å². The van der Waals surface area contributed by atoms with Crippen LogP contribution in [0.25, 0.3) is 0 Å². The Balaban J connectivity index is 2.53. The van der Waals surface area contributed by atoms with Gasteiger partial charge in [-0.2, -0.15) is 5.26 Å². The maximum atomic E-state index is 13.3. The van der Waals surface area contributed by atoms with Crippen molar-refractivity contribution in [3.05, 3.63) is 23.3 Å². The molecule has 0 aromatic heterocycles. The third kappa shape index (κ3) is 7.20. The van der Waals surface area contributed by atoms with Crippen LogP contribution in [0.2, 0.25) is 0 Å². The van der Waals surface area contributed by atoms with E-state index in [1.165, 1.54) is 0 Å². The fourth-order valence-corrected chi connectivity index (χ4v) is 8.12. The zero-order chi connectivity index (χ0) is 32.4. The van der Waals surface area contributed by atoms with Crippen molar-refractivity contribution >= 4 is 17.6 Å². The van der Waals surface area contributed by atoms with Crippen LogP contribution in [0.5, 0.6) is 0 Å². The van der Waals surface area contributed by atoms with Crippen molar-refractivity contribution < 1.29 is 14.4 Å². The molecule has 0 spiro atoms. The molecule has 0 heterocycles. The molecule has 0 saturated heterocycles. The number of nitrogens with zero attached hydrogens (tertiary/aromatic N) is 1. The van der Waals surface area contributed by atoms with Crippen LogP contribution < -0.4 is 10.6 Å². The summed E-state index contributed by atoms with van der Waals surface area (Å²) in [5.41, 5.74) is -0.856. The van der Waals surface area contributed by atoms with Gasteiger partial charge in [-0.1, -0.05) is 80.4 Å². The number of hydrogen-bond acceptors (Lipinski definition) is 4. The lowest BCUT2D eigenvalue weighted by Crippen LogP contribution is -2.56. The van der Waals surface area contributed by atoms with Gasteiger partial charge < -0.3 is 10.6 Å². The monoisotopic (exact) mass is 581 g/mol. The third-order valence-electron chi connectivity index (χ3n) is 11.3. The summed E-state index contributed by atoms with van der Waals surface area (Å²) in [6.07, 6.45) is 11.1. The van der Waals surface area contributed by atoms with Crippen LogP contribution >= 0.6 is 0 Å². The molecule has 2 aliphatic carbocycles. The van der Waals surface area contributed by atoms with E-state index in [2.05, 4.69) is 72.1 Å². The number of carbonyl (C=O) groups is 3. The van der Waals surface area contributed by atoms with E-state index in [9.17, 15) is 19.6 Å². The summed E-state index contributed by atoms with van der Waals surface area (Å²) in [5, 5.41) is 16.2. The number of urea groups is 1. The summed E-state index contributed by atoms with van der Waals surface area (Å²) in [7, 11) is 0. The average Bonchev–Trinajstić information content (AvgIpc) is 2.86. The van der Waals surface area contributed by atoms with Gasteiger partial charge in [-0.25, -0.2) is 4.79 Å². The van der Waals surface area contributed by atoms with Gasteiger partial charge in [-0.15, -0.1) is 0 Å². The molecule has 0 aromatic rings. The van der Waals surface area contributed by atoms with E-state index in [1.807, 2.05) is 26.8 Å². The molecule has 6 nitrogen and oxygen atoms in total. The largest absolute Gasteiger partial charge is 0.338 e. The Kier molecular flexibility index (Phi) is 10.8. The zero-order valence-electron chi connectivity index (χ0n) is 28.8. The fourth-order valence-electron chi connectivity index (χ4n) is 8.12. The highest BCUT2D eigenvalue weighted by Crippen LogP contribution is 2.67. The minimum absolute atomic E-state index is 0.00505. The predicted molar refractivity (Wildman–Crippen MR) is 172 cm³/mol. The molecule has 2 amide bonds. The summed E-state index contributed by atoms with van der Waals surface area (Å²) < 4.78 is 0. The summed E-state index contributed by atoms with van der Waals surface area (Å²) in [6.45, 7) is 26.0. The molecule has 0 aromatic carbocycles. The van der Waals surface area contributed by atoms with Crippen molar-refractivity contribution in [1.29, 1.82) is 5.26 Å². The quantitative estimate of drug-likeness (QED) is 0.226. The Bertz CT molecular complexity index is 1150. The van der Waals surface area contributed by atoms with Gasteiger partial charge in [0.15, 0.2) is 11.6 Å². The molecule has 0 bridgehead atoms. The lowest BCUT2D eigenvalue weighted by molar-refractivity contribution is -0.131. The van der Waals surface area contributed by atoms with Crippen molar-refractivity contribution in [2.75, 3.05) is 6.54 Å². The molecule has 2 rings (SSSR count). The number of rotatable bonds is 12. The highest BCUT2D eigenvalue weighted by molar-refractivity contribution is 6.04. The number of nitrogens with one attached hydrogen (secondary N) is 2. The van der Waals surface area contributed by atoms with Gasteiger partial charge >= 0.3 is 6.03 Å². The fraction of sp³-hybridized carbons (Fsp3) is 0.778. The Labute approximate surface area is 256 Å². The summed E-state index contributed by atoms with van der Waals surface area (Å²) in [6, 6.07) is 2.04. The maximum absolute atomic E-state index is 13.3. The average molecular weight is 582 g/mol. The highest BCUT2D eigenvalue weighted by Gasteiger charge is 2.61. The first kappa shape index (κ1) is 35.8. The molecule has 0 unspecified atom stereocenters. The van der Waals surface area contributed by atoms with E-state index in [-0.39, 0.29) is 45.3 Å². The summed E-state index contributed by atoms with van der Waals surface area (Å²) in [5.74, 6) is -0.123. The van der Waals surface area contributed by atoms with Crippen LogP contribution in [0, 0.1) is 44.3 Å².